The molecule has 0 radical (unpaired) electrons. The molecular weight excluding hydrogens is 336 g/mol. The van der Waals surface area contributed by atoms with E-state index >= 15 is 0 Å². The third-order valence-electron chi connectivity index (χ3n) is 8.20. The van der Waals surface area contributed by atoms with Crippen molar-refractivity contribution in [2.24, 2.45) is 17.8 Å². The Labute approximate surface area is 150 Å². The molecule has 0 amide bonds. The zero-order chi connectivity index (χ0) is 17.9. The van der Waals surface area contributed by atoms with Crippen molar-refractivity contribution in [2.75, 3.05) is 6.61 Å². The second-order valence-corrected chi connectivity index (χ2v) is 9.39. The highest BCUT2D eigenvalue weighted by Gasteiger charge is 2.98. The Kier molecular flexibility index (Phi) is 2.01. The monoisotopic (exact) mass is 356 g/mol. The normalized spacial score (nSPS) is 60.3. The summed E-state index contributed by atoms with van der Waals surface area (Å²) in [6.07, 6.45) is 3.23. The van der Waals surface area contributed by atoms with Gasteiger partial charge in [0.25, 0.3) is 0 Å². The summed E-state index contributed by atoms with van der Waals surface area (Å²) in [7, 11) is 0. The Morgan fingerprint density at radius 2 is 2.04 bits per heavy atom. The predicted octanol–water partition coefficient (Wildman–Crippen LogP) is 1.44. The molecule has 0 aromatic carbocycles. The lowest BCUT2D eigenvalue weighted by Crippen LogP contribution is -2.57. The summed E-state index contributed by atoms with van der Waals surface area (Å²) in [6, 6.07) is 0. The maximum Gasteiger partial charge on any atom is 0.339 e. The molecule has 0 N–H and O–H groups in total. The SMILES string of the molecule is CC1=C2C(=CC[C@]3(CO3)[C@@H]3[C@@H]2[C@]2(C)O[C@@H]2[C@@]24C[C@@H](C)C(=O)[C@@]32O4)OC1=O. The Morgan fingerprint density at radius 3 is 2.77 bits per heavy atom. The summed E-state index contributed by atoms with van der Waals surface area (Å²) in [6.45, 7) is 6.52. The Morgan fingerprint density at radius 1 is 1.27 bits per heavy atom. The van der Waals surface area contributed by atoms with Crippen LogP contribution < -0.4 is 0 Å². The summed E-state index contributed by atoms with van der Waals surface area (Å²) in [5.74, 6) is 0.236. The number of carbonyl (C=O) groups is 2. The number of rotatable bonds is 0. The molecular formula is C20H20O6. The number of ether oxygens (including phenoxy) is 4. The van der Waals surface area contributed by atoms with Crippen LogP contribution in [-0.2, 0) is 28.5 Å². The number of esters is 1. The van der Waals surface area contributed by atoms with E-state index < -0.39 is 22.4 Å². The van der Waals surface area contributed by atoms with Crippen LogP contribution in [0, 0.1) is 17.8 Å². The molecule has 0 aromatic heterocycles. The first-order chi connectivity index (χ1) is 12.3. The number of Topliss-reactive ketones (excluding diaryl/α,β-unsaturated/α-hetero) is 1. The summed E-state index contributed by atoms with van der Waals surface area (Å²) in [4.78, 5) is 25.6. The molecule has 6 nitrogen and oxygen atoms in total. The predicted molar refractivity (Wildman–Crippen MR) is 85.8 cm³/mol. The van der Waals surface area contributed by atoms with E-state index in [1.165, 1.54) is 0 Å². The number of fused-ring (bicyclic) bond motifs is 6. The maximum atomic E-state index is 13.3. The summed E-state index contributed by atoms with van der Waals surface area (Å²) in [5.41, 5.74) is -0.645. The number of hydrogen-bond acceptors (Lipinski definition) is 6. The maximum absolute atomic E-state index is 13.3. The van der Waals surface area contributed by atoms with Crippen molar-refractivity contribution in [3.63, 3.8) is 0 Å². The number of carbonyl (C=O) groups excluding carboxylic acids is 2. The van der Waals surface area contributed by atoms with Crippen molar-refractivity contribution in [2.45, 2.75) is 62.1 Å². The molecule has 3 saturated heterocycles. The molecule has 0 unspecified atom stereocenters. The minimum atomic E-state index is -0.823. The third-order valence-corrected chi connectivity index (χ3v) is 8.20. The summed E-state index contributed by atoms with van der Waals surface area (Å²) >= 11 is 0. The van der Waals surface area contributed by atoms with E-state index in [4.69, 9.17) is 18.9 Å². The second-order valence-electron chi connectivity index (χ2n) is 9.39. The molecule has 5 fully saturated rings. The lowest BCUT2D eigenvalue weighted by atomic mass is 9.57. The van der Waals surface area contributed by atoms with Gasteiger partial charge in [-0.25, -0.2) is 4.79 Å². The molecule has 0 bridgehead atoms. The molecule has 0 aromatic rings. The van der Waals surface area contributed by atoms with Crippen LogP contribution in [0.4, 0.5) is 0 Å². The highest BCUT2D eigenvalue weighted by Crippen LogP contribution is 2.81. The largest absolute Gasteiger partial charge is 0.423 e. The van der Waals surface area contributed by atoms with E-state index in [9.17, 15) is 9.59 Å². The van der Waals surface area contributed by atoms with Crippen LogP contribution in [0.1, 0.15) is 33.6 Å². The van der Waals surface area contributed by atoms with Crippen LogP contribution in [0.15, 0.2) is 23.0 Å². The van der Waals surface area contributed by atoms with E-state index in [1.807, 2.05) is 19.9 Å². The first kappa shape index (κ1) is 14.5. The zero-order valence-corrected chi connectivity index (χ0v) is 15.0. The fourth-order valence-corrected chi connectivity index (χ4v) is 7.02. The summed E-state index contributed by atoms with van der Waals surface area (Å²) < 4.78 is 24.2. The Balaban J connectivity index is 1.52. The molecule has 26 heavy (non-hydrogen) atoms. The van der Waals surface area contributed by atoms with Gasteiger partial charge in [0.05, 0.1) is 6.61 Å². The topological polar surface area (TPSA) is 81.0 Å². The first-order valence-electron chi connectivity index (χ1n) is 9.50. The third kappa shape index (κ3) is 1.16. The first-order valence-corrected chi connectivity index (χ1v) is 9.50. The van der Waals surface area contributed by atoms with Gasteiger partial charge in [0.1, 0.15) is 28.7 Å². The molecule has 4 aliphatic heterocycles. The van der Waals surface area contributed by atoms with E-state index in [-0.39, 0.29) is 35.6 Å². The van der Waals surface area contributed by atoms with E-state index in [0.717, 1.165) is 12.0 Å². The molecule has 3 aliphatic carbocycles. The van der Waals surface area contributed by atoms with Crippen LogP contribution in [0.25, 0.3) is 0 Å². The fraction of sp³-hybridized carbons (Fsp3) is 0.700. The number of hydrogen-bond donors (Lipinski definition) is 0. The second kappa shape index (κ2) is 3.60. The molecule has 7 aliphatic rings. The lowest BCUT2D eigenvalue weighted by molar-refractivity contribution is -0.133. The quantitative estimate of drug-likeness (QED) is 0.483. The van der Waals surface area contributed by atoms with Gasteiger partial charge >= 0.3 is 5.97 Å². The van der Waals surface area contributed by atoms with Gasteiger partial charge in [0.15, 0.2) is 11.4 Å². The van der Waals surface area contributed by atoms with E-state index in [1.54, 1.807) is 0 Å². The van der Waals surface area contributed by atoms with Crippen molar-refractivity contribution in [1.29, 1.82) is 0 Å². The van der Waals surface area contributed by atoms with Gasteiger partial charge in [-0.05, 0) is 26.3 Å². The Bertz CT molecular complexity index is 911. The zero-order valence-electron chi connectivity index (χ0n) is 15.0. The van der Waals surface area contributed by atoms with Crippen LogP contribution in [0.2, 0.25) is 0 Å². The van der Waals surface area contributed by atoms with Crippen LogP contribution in [0.3, 0.4) is 0 Å². The van der Waals surface area contributed by atoms with Gasteiger partial charge in [0.2, 0.25) is 0 Å². The Hall–Kier alpha value is -1.50. The summed E-state index contributed by atoms with van der Waals surface area (Å²) in [5, 5.41) is 0. The average Bonchev–Trinajstić information content (AvgIpc) is 3.49. The van der Waals surface area contributed by atoms with Gasteiger partial charge < -0.3 is 18.9 Å². The van der Waals surface area contributed by atoms with Crippen molar-refractivity contribution >= 4 is 11.8 Å². The van der Waals surface area contributed by atoms with Crippen LogP contribution >= 0.6 is 0 Å². The molecule has 7 rings (SSSR count). The van der Waals surface area contributed by atoms with E-state index in [2.05, 4.69) is 6.92 Å². The van der Waals surface area contributed by atoms with Crippen molar-refractivity contribution < 1.29 is 28.5 Å². The lowest BCUT2D eigenvalue weighted by Gasteiger charge is -2.39. The van der Waals surface area contributed by atoms with E-state index in [0.29, 0.717) is 24.4 Å². The molecule has 8 atom stereocenters. The highest BCUT2D eigenvalue weighted by atomic mass is 16.7. The fourth-order valence-electron chi connectivity index (χ4n) is 7.02. The smallest absolute Gasteiger partial charge is 0.339 e. The van der Waals surface area contributed by atoms with Gasteiger partial charge in [0, 0.05) is 35.3 Å². The van der Waals surface area contributed by atoms with Gasteiger partial charge in [-0.3, -0.25) is 4.79 Å². The van der Waals surface area contributed by atoms with Gasteiger partial charge in [-0.1, -0.05) is 6.92 Å². The minimum Gasteiger partial charge on any atom is -0.423 e. The van der Waals surface area contributed by atoms with Gasteiger partial charge in [-0.2, -0.15) is 0 Å². The molecule has 2 saturated carbocycles. The minimum absolute atomic E-state index is 0.0287. The number of epoxide rings is 3. The molecule has 6 heteroatoms. The van der Waals surface area contributed by atoms with Crippen LogP contribution in [-0.4, -0.2) is 46.9 Å². The molecule has 4 heterocycles. The molecule has 1 spiro atoms. The van der Waals surface area contributed by atoms with Crippen molar-refractivity contribution in [1.82, 2.24) is 0 Å². The standard InChI is InChI=1S/C20H20O6/c1-8-6-19-16-17(3,25-16)12-11-9(2)15(22)24-10(11)4-5-18(7-23-18)13(12)20(19,26-19)14(8)21/h4,8,12-13,16H,5-7H2,1-3H3/t8-,12-,13+,16+,17+,18+,19+,20+/m1/s1. The van der Waals surface area contributed by atoms with Gasteiger partial charge in [-0.15, -0.1) is 0 Å². The van der Waals surface area contributed by atoms with Crippen LogP contribution in [0.5, 0.6) is 0 Å². The molecule has 136 valence electrons. The average molecular weight is 356 g/mol. The van der Waals surface area contributed by atoms with Crippen molar-refractivity contribution in [3.8, 4) is 0 Å². The highest BCUT2D eigenvalue weighted by molar-refractivity contribution is 5.99. The number of ketones is 1. The number of allylic oxidation sites excluding steroid dienone is 1. The van der Waals surface area contributed by atoms with Crippen molar-refractivity contribution in [3.05, 3.63) is 23.0 Å².